The van der Waals surface area contributed by atoms with Gasteiger partial charge in [0.15, 0.2) is 0 Å². The Morgan fingerprint density at radius 2 is 2.05 bits per heavy atom. The summed E-state index contributed by atoms with van der Waals surface area (Å²) < 4.78 is 0. The molecule has 1 aromatic carbocycles. The van der Waals surface area contributed by atoms with Crippen molar-refractivity contribution >= 4 is 11.6 Å². The topological polar surface area (TPSA) is 68.0 Å². The van der Waals surface area contributed by atoms with E-state index in [2.05, 4.69) is 22.4 Å². The summed E-state index contributed by atoms with van der Waals surface area (Å²) in [5, 5.41) is 2.94. The van der Waals surface area contributed by atoms with Gasteiger partial charge in [0, 0.05) is 17.9 Å². The summed E-state index contributed by atoms with van der Waals surface area (Å²) in [6.07, 6.45) is 3.36. The molecule has 0 aliphatic rings. The Morgan fingerprint density at radius 3 is 2.75 bits per heavy atom. The number of hydrogen-bond donors (Lipinski definition) is 2. The maximum atomic E-state index is 12.0. The molecule has 0 fully saturated rings. The minimum Gasteiger partial charge on any atom is -0.399 e. The van der Waals surface area contributed by atoms with Gasteiger partial charge in [-0.15, -0.1) is 0 Å². The highest BCUT2D eigenvalue weighted by atomic mass is 16.1. The summed E-state index contributed by atoms with van der Waals surface area (Å²) >= 11 is 0. The number of carbonyl (C=O) groups excluding carboxylic acids is 1. The van der Waals surface area contributed by atoms with Crippen LogP contribution in [0.4, 0.5) is 5.69 Å². The fourth-order valence-electron chi connectivity index (χ4n) is 1.97. The number of aromatic nitrogens is 1. The number of pyridine rings is 1. The molecule has 4 heteroatoms. The van der Waals surface area contributed by atoms with Crippen LogP contribution < -0.4 is 11.1 Å². The zero-order chi connectivity index (χ0) is 14.4. The SMILES string of the molecule is CC(CCc1ccccc1)NC(=O)c1cc(N)ccn1. The first-order chi connectivity index (χ1) is 9.65. The van der Waals surface area contributed by atoms with Gasteiger partial charge in [0.25, 0.3) is 5.91 Å². The number of hydrogen-bond acceptors (Lipinski definition) is 3. The van der Waals surface area contributed by atoms with Crippen molar-refractivity contribution in [2.75, 3.05) is 5.73 Å². The number of rotatable bonds is 5. The molecule has 0 radical (unpaired) electrons. The van der Waals surface area contributed by atoms with Crippen LogP contribution in [0.3, 0.4) is 0 Å². The molecule has 1 aromatic heterocycles. The second-order valence-electron chi connectivity index (χ2n) is 4.87. The summed E-state index contributed by atoms with van der Waals surface area (Å²) in [7, 11) is 0. The van der Waals surface area contributed by atoms with E-state index in [9.17, 15) is 4.79 Å². The zero-order valence-corrected chi connectivity index (χ0v) is 11.5. The Bertz CT molecular complexity index is 569. The summed E-state index contributed by atoms with van der Waals surface area (Å²) in [5.41, 5.74) is 7.82. The van der Waals surface area contributed by atoms with Gasteiger partial charge in [-0.3, -0.25) is 9.78 Å². The van der Waals surface area contributed by atoms with Crippen molar-refractivity contribution < 1.29 is 4.79 Å². The number of nitrogen functional groups attached to an aromatic ring is 1. The smallest absolute Gasteiger partial charge is 0.270 e. The number of anilines is 1. The molecule has 0 aliphatic heterocycles. The number of nitrogens with zero attached hydrogens (tertiary/aromatic N) is 1. The Labute approximate surface area is 119 Å². The molecule has 104 valence electrons. The van der Waals surface area contributed by atoms with Crippen molar-refractivity contribution in [3.05, 3.63) is 59.9 Å². The summed E-state index contributed by atoms with van der Waals surface area (Å²) in [5.74, 6) is -0.183. The van der Waals surface area contributed by atoms with E-state index < -0.39 is 0 Å². The molecule has 20 heavy (non-hydrogen) atoms. The van der Waals surface area contributed by atoms with Crippen LogP contribution in [0.25, 0.3) is 0 Å². The number of nitrogens with two attached hydrogens (primary N) is 1. The number of benzene rings is 1. The standard InChI is InChI=1S/C16H19N3O/c1-12(7-8-13-5-3-2-4-6-13)19-16(20)15-11-14(17)9-10-18-15/h2-6,9-12H,7-8H2,1H3,(H2,17,18)(H,19,20). The molecule has 0 bridgehead atoms. The lowest BCUT2D eigenvalue weighted by Crippen LogP contribution is -2.33. The lowest BCUT2D eigenvalue weighted by atomic mass is 10.1. The lowest BCUT2D eigenvalue weighted by molar-refractivity contribution is 0.0933. The molecule has 1 amide bonds. The van der Waals surface area contributed by atoms with E-state index in [1.54, 1.807) is 18.3 Å². The monoisotopic (exact) mass is 269 g/mol. The Hall–Kier alpha value is -2.36. The maximum Gasteiger partial charge on any atom is 0.270 e. The van der Waals surface area contributed by atoms with Crippen LogP contribution in [0.15, 0.2) is 48.7 Å². The van der Waals surface area contributed by atoms with Crippen LogP contribution in [0, 0.1) is 0 Å². The third-order valence-electron chi connectivity index (χ3n) is 3.10. The Morgan fingerprint density at radius 1 is 1.30 bits per heavy atom. The van der Waals surface area contributed by atoms with Gasteiger partial charge in [0.05, 0.1) is 0 Å². The first-order valence-electron chi connectivity index (χ1n) is 6.71. The minimum atomic E-state index is -0.183. The zero-order valence-electron chi connectivity index (χ0n) is 11.5. The fraction of sp³-hybridized carbons (Fsp3) is 0.250. The van der Waals surface area contributed by atoms with Gasteiger partial charge in [-0.2, -0.15) is 0 Å². The Balaban J connectivity index is 1.85. The van der Waals surface area contributed by atoms with E-state index in [1.807, 2.05) is 25.1 Å². The minimum absolute atomic E-state index is 0.0888. The number of carbonyl (C=O) groups is 1. The molecule has 1 unspecified atom stereocenters. The number of nitrogens with one attached hydrogen (secondary N) is 1. The molecule has 2 aromatic rings. The summed E-state index contributed by atoms with van der Waals surface area (Å²) in [6, 6.07) is 13.6. The molecular formula is C16H19N3O. The molecule has 0 aliphatic carbocycles. The van der Waals surface area contributed by atoms with Crippen molar-refractivity contribution in [2.24, 2.45) is 0 Å². The predicted octanol–water partition coefficient (Wildman–Crippen LogP) is 2.41. The average Bonchev–Trinajstić information content (AvgIpc) is 2.46. The quantitative estimate of drug-likeness (QED) is 0.876. The summed E-state index contributed by atoms with van der Waals surface area (Å²) in [4.78, 5) is 16.0. The van der Waals surface area contributed by atoms with Gasteiger partial charge in [-0.25, -0.2) is 0 Å². The molecule has 4 nitrogen and oxygen atoms in total. The summed E-state index contributed by atoms with van der Waals surface area (Å²) in [6.45, 7) is 1.99. The van der Waals surface area contributed by atoms with Crippen LogP contribution in [0.2, 0.25) is 0 Å². The van der Waals surface area contributed by atoms with Gasteiger partial charge in [-0.1, -0.05) is 30.3 Å². The van der Waals surface area contributed by atoms with Gasteiger partial charge < -0.3 is 11.1 Å². The fourth-order valence-corrected chi connectivity index (χ4v) is 1.97. The Kier molecular flexibility index (Phi) is 4.71. The van der Waals surface area contributed by atoms with Crippen LogP contribution in [0.1, 0.15) is 29.4 Å². The first kappa shape index (κ1) is 14.1. The van der Waals surface area contributed by atoms with E-state index in [0.717, 1.165) is 12.8 Å². The van der Waals surface area contributed by atoms with Crippen molar-refractivity contribution in [1.82, 2.24) is 10.3 Å². The van der Waals surface area contributed by atoms with E-state index in [1.165, 1.54) is 5.56 Å². The largest absolute Gasteiger partial charge is 0.399 e. The van der Waals surface area contributed by atoms with Crippen molar-refractivity contribution in [3.8, 4) is 0 Å². The molecular weight excluding hydrogens is 250 g/mol. The van der Waals surface area contributed by atoms with Crippen LogP contribution in [-0.2, 0) is 6.42 Å². The van der Waals surface area contributed by atoms with Crippen molar-refractivity contribution in [1.29, 1.82) is 0 Å². The van der Waals surface area contributed by atoms with Crippen molar-refractivity contribution in [2.45, 2.75) is 25.8 Å². The molecule has 1 atom stereocenters. The maximum absolute atomic E-state index is 12.0. The van der Waals surface area contributed by atoms with E-state index in [0.29, 0.717) is 11.4 Å². The van der Waals surface area contributed by atoms with Crippen LogP contribution >= 0.6 is 0 Å². The van der Waals surface area contributed by atoms with E-state index in [4.69, 9.17) is 5.73 Å². The van der Waals surface area contributed by atoms with Gasteiger partial charge in [0.2, 0.25) is 0 Å². The highest BCUT2D eigenvalue weighted by molar-refractivity contribution is 5.93. The molecule has 1 heterocycles. The van der Waals surface area contributed by atoms with Gasteiger partial charge in [0.1, 0.15) is 5.69 Å². The molecule has 0 saturated carbocycles. The first-order valence-corrected chi connectivity index (χ1v) is 6.71. The normalized spacial score (nSPS) is 11.8. The average molecular weight is 269 g/mol. The third-order valence-corrected chi connectivity index (χ3v) is 3.10. The number of aryl methyl sites for hydroxylation is 1. The molecule has 2 rings (SSSR count). The second-order valence-corrected chi connectivity index (χ2v) is 4.87. The van der Waals surface area contributed by atoms with Gasteiger partial charge in [-0.05, 0) is 37.5 Å². The van der Waals surface area contributed by atoms with Crippen LogP contribution in [0.5, 0.6) is 0 Å². The predicted molar refractivity (Wildman–Crippen MR) is 80.3 cm³/mol. The molecule has 0 spiro atoms. The highest BCUT2D eigenvalue weighted by Gasteiger charge is 2.11. The van der Waals surface area contributed by atoms with Crippen LogP contribution in [-0.4, -0.2) is 16.9 Å². The van der Waals surface area contributed by atoms with Crippen molar-refractivity contribution in [3.63, 3.8) is 0 Å². The number of amides is 1. The molecule has 0 saturated heterocycles. The third kappa shape index (κ3) is 4.09. The van der Waals surface area contributed by atoms with Gasteiger partial charge >= 0.3 is 0 Å². The molecule has 3 N–H and O–H groups in total. The van der Waals surface area contributed by atoms with E-state index >= 15 is 0 Å². The second kappa shape index (κ2) is 6.70. The highest BCUT2D eigenvalue weighted by Crippen LogP contribution is 2.06. The lowest BCUT2D eigenvalue weighted by Gasteiger charge is -2.13. The van der Waals surface area contributed by atoms with E-state index in [-0.39, 0.29) is 11.9 Å².